The number of carbonyl (C=O) groups is 3. The Bertz CT molecular complexity index is 432. The van der Waals surface area contributed by atoms with Gasteiger partial charge in [-0.25, -0.2) is 0 Å². The molecule has 0 aromatic rings. The summed E-state index contributed by atoms with van der Waals surface area (Å²) in [7, 11) is 0. The fraction of sp³-hybridized carbons (Fsp3) is 0.667. The SMILES string of the molecule is C=CCC1O[C@H](COC(C)=O)C(OC(C)=O)C[C@@H]1OC(C)=O. The highest BCUT2D eigenvalue weighted by Gasteiger charge is 2.41. The van der Waals surface area contributed by atoms with Crippen LogP contribution in [0.3, 0.4) is 0 Å². The third-order valence-corrected chi connectivity index (χ3v) is 3.13. The van der Waals surface area contributed by atoms with E-state index in [2.05, 4.69) is 6.58 Å². The topological polar surface area (TPSA) is 88.1 Å². The third kappa shape index (κ3) is 5.85. The number of carbonyl (C=O) groups excluding carboxylic acids is 3. The maximum absolute atomic E-state index is 11.2. The van der Waals surface area contributed by atoms with E-state index in [4.69, 9.17) is 18.9 Å². The number of rotatable bonds is 6. The zero-order valence-corrected chi connectivity index (χ0v) is 13.1. The van der Waals surface area contributed by atoms with Gasteiger partial charge in [0.15, 0.2) is 0 Å². The van der Waals surface area contributed by atoms with Crippen molar-refractivity contribution in [3.8, 4) is 0 Å². The molecule has 4 atom stereocenters. The van der Waals surface area contributed by atoms with Gasteiger partial charge in [0.1, 0.15) is 24.9 Å². The number of ether oxygens (including phenoxy) is 4. The van der Waals surface area contributed by atoms with E-state index in [9.17, 15) is 14.4 Å². The van der Waals surface area contributed by atoms with Crippen LogP contribution in [0, 0.1) is 0 Å². The lowest BCUT2D eigenvalue weighted by atomic mass is 9.96. The molecule has 0 amide bonds. The first-order valence-corrected chi connectivity index (χ1v) is 7.07. The van der Waals surface area contributed by atoms with Gasteiger partial charge >= 0.3 is 17.9 Å². The van der Waals surface area contributed by atoms with E-state index >= 15 is 0 Å². The Hall–Kier alpha value is -1.89. The van der Waals surface area contributed by atoms with E-state index in [0.717, 1.165) is 0 Å². The van der Waals surface area contributed by atoms with Crippen molar-refractivity contribution in [1.29, 1.82) is 0 Å². The molecule has 1 fully saturated rings. The van der Waals surface area contributed by atoms with Crippen molar-refractivity contribution in [2.75, 3.05) is 6.61 Å². The Balaban J connectivity index is 2.84. The molecular formula is C15H22O7. The fourth-order valence-electron chi connectivity index (χ4n) is 2.32. The number of hydrogen-bond acceptors (Lipinski definition) is 7. The summed E-state index contributed by atoms with van der Waals surface area (Å²) in [5.41, 5.74) is 0. The van der Waals surface area contributed by atoms with Crippen molar-refractivity contribution in [3.05, 3.63) is 12.7 Å². The predicted molar refractivity (Wildman–Crippen MR) is 75.8 cm³/mol. The van der Waals surface area contributed by atoms with Crippen LogP contribution in [0.2, 0.25) is 0 Å². The predicted octanol–water partition coefficient (Wildman–Crippen LogP) is 1.15. The Labute approximate surface area is 129 Å². The second kappa shape index (κ2) is 8.53. The summed E-state index contributed by atoms with van der Waals surface area (Å²) in [5, 5.41) is 0. The van der Waals surface area contributed by atoms with Crippen LogP contribution in [0.1, 0.15) is 33.6 Å². The minimum absolute atomic E-state index is 0.0340. The van der Waals surface area contributed by atoms with Gasteiger partial charge < -0.3 is 18.9 Å². The first kappa shape index (κ1) is 18.2. The summed E-state index contributed by atoms with van der Waals surface area (Å²) in [6.45, 7) is 7.47. The summed E-state index contributed by atoms with van der Waals surface area (Å²) in [6, 6.07) is 0. The molecule has 0 saturated carbocycles. The van der Waals surface area contributed by atoms with Crippen LogP contribution in [-0.2, 0) is 33.3 Å². The van der Waals surface area contributed by atoms with Crippen LogP contribution in [-0.4, -0.2) is 48.9 Å². The molecule has 0 aliphatic carbocycles. The minimum Gasteiger partial charge on any atom is -0.463 e. The Kier molecular flexibility index (Phi) is 7.04. The Morgan fingerprint density at radius 3 is 2.05 bits per heavy atom. The molecule has 2 unspecified atom stereocenters. The number of hydrogen-bond donors (Lipinski definition) is 0. The van der Waals surface area contributed by atoms with Crippen molar-refractivity contribution in [2.24, 2.45) is 0 Å². The summed E-state index contributed by atoms with van der Waals surface area (Å²) in [4.78, 5) is 33.4. The second-order valence-corrected chi connectivity index (χ2v) is 5.07. The summed E-state index contributed by atoms with van der Waals surface area (Å²) < 4.78 is 21.2. The standard InChI is InChI=1S/C15H22O7/c1-5-6-12-13(20-10(3)17)7-14(21-11(4)18)15(22-12)8-19-9(2)16/h5,12-15H,1,6-8H2,2-4H3/t12?,13-,14?,15+/m0/s1. The zero-order chi connectivity index (χ0) is 16.7. The van der Waals surface area contributed by atoms with Gasteiger partial charge in [-0.3, -0.25) is 14.4 Å². The monoisotopic (exact) mass is 314 g/mol. The molecule has 7 nitrogen and oxygen atoms in total. The molecule has 0 spiro atoms. The highest BCUT2D eigenvalue weighted by molar-refractivity contribution is 5.67. The van der Waals surface area contributed by atoms with E-state index in [0.29, 0.717) is 6.42 Å². The van der Waals surface area contributed by atoms with Gasteiger partial charge in [0, 0.05) is 27.2 Å². The largest absolute Gasteiger partial charge is 0.463 e. The van der Waals surface area contributed by atoms with Crippen molar-refractivity contribution >= 4 is 17.9 Å². The van der Waals surface area contributed by atoms with E-state index in [1.807, 2.05) is 0 Å². The third-order valence-electron chi connectivity index (χ3n) is 3.13. The lowest BCUT2D eigenvalue weighted by Crippen LogP contribution is -2.51. The molecule has 0 bridgehead atoms. The normalized spacial score (nSPS) is 27.6. The zero-order valence-electron chi connectivity index (χ0n) is 13.1. The highest BCUT2D eigenvalue weighted by Crippen LogP contribution is 2.27. The van der Waals surface area contributed by atoms with Crippen molar-refractivity contribution < 1.29 is 33.3 Å². The lowest BCUT2D eigenvalue weighted by Gasteiger charge is -2.39. The molecule has 22 heavy (non-hydrogen) atoms. The molecule has 1 aliphatic rings. The fourth-order valence-corrected chi connectivity index (χ4v) is 2.32. The average molecular weight is 314 g/mol. The van der Waals surface area contributed by atoms with E-state index < -0.39 is 42.3 Å². The molecule has 0 aromatic heterocycles. The van der Waals surface area contributed by atoms with Gasteiger partial charge in [0.2, 0.25) is 0 Å². The Morgan fingerprint density at radius 2 is 1.59 bits per heavy atom. The van der Waals surface area contributed by atoms with Gasteiger partial charge in [0.05, 0.1) is 6.10 Å². The molecule has 0 radical (unpaired) electrons. The molecular weight excluding hydrogens is 292 g/mol. The maximum atomic E-state index is 11.2. The molecule has 1 heterocycles. The van der Waals surface area contributed by atoms with E-state index in [-0.39, 0.29) is 13.0 Å². The molecule has 1 saturated heterocycles. The average Bonchev–Trinajstić information content (AvgIpc) is 2.38. The van der Waals surface area contributed by atoms with Crippen molar-refractivity contribution in [1.82, 2.24) is 0 Å². The van der Waals surface area contributed by atoms with Crippen LogP contribution >= 0.6 is 0 Å². The first-order chi connectivity index (χ1) is 10.3. The smallest absolute Gasteiger partial charge is 0.302 e. The van der Waals surface area contributed by atoms with Crippen molar-refractivity contribution in [2.45, 2.75) is 58.0 Å². The first-order valence-electron chi connectivity index (χ1n) is 7.07. The van der Waals surface area contributed by atoms with Gasteiger partial charge in [0.25, 0.3) is 0 Å². The number of esters is 3. The summed E-state index contributed by atoms with van der Waals surface area (Å²) in [6.07, 6.45) is 0.162. The molecule has 0 aromatic carbocycles. The van der Waals surface area contributed by atoms with Gasteiger partial charge in [-0.15, -0.1) is 6.58 Å². The van der Waals surface area contributed by atoms with Crippen LogP contribution < -0.4 is 0 Å². The van der Waals surface area contributed by atoms with Gasteiger partial charge in [-0.1, -0.05) is 6.08 Å². The molecule has 0 N–H and O–H groups in total. The summed E-state index contributed by atoms with van der Waals surface area (Å²) in [5.74, 6) is -1.37. The van der Waals surface area contributed by atoms with Gasteiger partial charge in [-0.2, -0.15) is 0 Å². The highest BCUT2D eigenvalue weighted by atomic mass is 16.6. The van der Waals surface area contributed by atoms with Crippen LogP contribution in [0.5, 0.6) is 0 Å². The van der Waals surface area contributed by atoms with Crippen LogP contribution in [0.15, 0.2) is 12.7 Å². The molecule has 124 valence electrons. The maximum Gasteiger partial charge on any atom is 0.302 e. The van der Waals surface area contributed by atoms with Crippen LogP contribution in [0.4, 0.5) is 0 Å². The van der Waals surface area contributed by atoms with Gasteiger partial charge in [-0.05, 0) is 6.42 Å². The Morgan fingerprint density at radius 1 is 1.05 bits per heavy atom. The van der Waals surface area contributed by atoms with E-state index in [1.165, 1.54) is 20.8 Å². The molecule has 1 rings (SSSR count). The lowest BCUT2D eigenvalue weighted by molar-refractivity contribution is -0.209. The molecule has 7 heteroatoms. The van der Waals surface area contributed by atoms with E-state index in [1.54, 1.807) is 6.08 Å². The minimum atomic E-state index is -0.651. The van der Waals surface area contributed by atoms with Crippen LogP contribution in [0.25, 0.3) is 0 Å². The second-order valence-electron chi connectivity index (χ2n) is 5.07. The summed E-state index contributed by atoms with van der Waals surface area (Å²) >= 11 is 0. The molecule has 1 aliphatic heterocycles. The van der Waals surface area contributed by atoms with Crippen molar-refractivity contribution in [3.63, 3.8) is 0 Å². The quantitative estimate of drug-likeness (QED) is 0.413.